The molecule has 1 unspecified atom stereocenters. The van der Waals surface area contributed by atoms with Gasteiger partial charge >= 0.3 is 0 Å². The van der Waals surface area contributed by atoms with E-state index >= 15 is 0 Å². The molecule has 0 radical (unpaired) electrons. The Bertz CT molecular complexity index is 74.6. The lowest BCUT2D eigenvalue weighted by molar-refractivity contribution is -0.0202. The van der Waals surface area contributed by atoms with Crippen molar-refractivity contribution in [2.45, 2.75) is 32.0 Å². The first-order valence-corrected chi connectivity index (χ1v) is 3.06. The molecule has 0 amide bonds. The number of hydrogen-bond acceptors (Lipinski definition) is 2. The fourth-order valence-electron chi connectivity index (χ4n) is 1.02. The fourth-order valence-corrected chi connectivity index (χ4v) is 1.02. The molecule has 2 N–H and O–H groups in total. The summed E-state index contributed by atoms with van der Waals surface area (Å²) >= 11 is 0. The predicted molar refractivity (Wildman–Crippen MR) is 30.4 cm³/mol. The maximum absolute atomic E-state index is 8.88. The van der Waals surface area contributed by atoms with Crippen molar-refractivity contribution in [1.82, 2.24) is 0 Å². The van der Waals surface area contributed by atoms with E-state index in [0.29, 0.717) is 5.92 Å². The van der Waals surface area contributed by atoms with Crippen molar-refractivity contribution in [2.24, 2.45) is 5.92 Å². The van der Waals surface area contributed by atoms with Gasteiger partial charge in [0.25, 0.3) is 0 Å². The SMILES string of the molecule is CC(O)C1CC(O)C1. The lowest BCUT2D eigenvalue weighted by atomic mass is 9.79. The molecule has 1 fully saturated rings. The Morgan fingerprint density at radius 2 is 2.00 bits per heavy atom. The van der Waals surface area contributed by atoms with Crippen LogP contribution in [0.1, 0.15) is 19.8 Å². The molecule has 0 bridgehead atoms. The summed E-state index contributed by atoms with van der Waals surface area (Å²) in [4.78, 5) is 0. The summed E-state index contributed by atoms with van der Waals surface area (Å²) in [6.07, 6.45) is 1.22. The second-order valence-electron chi connectivity index (χ2n) is 2.63. The van der Waals surface area contributed by atoms with Gasteiger partial charge in [-0.05, 0) is 25.7 Å². The summed E-state index contributed by atoms with van der Waals surface area (Å²) in [5.41, 5.74) is 0. The van der Waals surface area contributed by atoms with Crippen LogP contribution in [0, 0.1) is 5.92 Å². The Kier molecular flexibility index (Phi) is 1.54. The number of aliphatic hydroxyl groups excluding tert-OH is 2. The van der Waals surface area contributed by atoms with Crippen LogP contribution in [-0.4, -0.2) is 22.4 Å². The van der Waals surface area contributed by atoms with Crippen LogP contribution in [0.4, 0.5) is 0 Å². The van der Waals surface area contributed by atoms with Gasteiger partial charge in [0.15, 0.2) is 0 Å². The molecule has 1 aliphatic rings. The maximum atomic E-state index is 8.88. The molecular formula is C6H12O2. The zero-order valence-corrected chi connectivity index (χ0v) is 5.04. The van der Waals surface area contributed by atoms with Gasteiger partial charge < -0.3 is 10.2 Å². The molecule has 2 nitrogen and oxygen atoms in total. The normalized spacial score (nSPS) is 40.9. The smallest absolute Gasteiger partial charge is 0.0547 e. The van der Waals surface area contributed by atoms with Crippen LogP contribution in [0.2, 0.25) is 0 Å². The van der Waals surface area contributed by atoms with Crippen LogP contribution in [0.15, 0.2) is 0 Å². The van der Waals surface area contributed by atoms with Crippen LogP contribution in [0.5, 0.6) is 0 Å². The van der Waals surface area contributed by atoms with E-state index in [2.05, 4.69) is 0 Å². The molecule has 1 rings (SSSR count). The van der Waals surface area contributed by atoms with Gasteiger partial charge in [-0.3, -0.25) is 0 Å². The molecule has 0 spiro atoms. The van der Waals surface area contributed by atoms with Crippen molar-refractivity contribution in [3.8, 4) is 0 Å². The molecule has 0 aromatic carbocycles. The molecule has 8 heavy (non-hydrogen) atoms. The molecule has 0 aromatic heterocycles. The topological polar surface area (TPSA) is 40.5 Å². The molecule has 2 heteroatoms. The quantitative estimate of drug-likeness (QED) is 0.511. The van der Waals surface area contributed by atoms with Crippen LogP contribution >= 0.6 is 0 Å². The first-order chi connectivity index (χ1) is 3.70. The fraction of sp³-hybridized carbons (Fsp3) is 1.00. The second kappa shape index (κ2) is 2.03. The van der Waals surface area contributed by atoms with Crippen LogP contribution in [0.25, 0.3) is 0 Å². The van der Waals surface area contributed by atoms with Crippen LogP contribution in [0.3, 0.4) is 0 Å². The highest BCUT2D eigenvalue weighted by molar-refractivity contribution is 4.81. The van der Waals surface area contributed by atoms with Crippen molar-refractivity contribution in [2.75, 3.05) is 0 Å². The molecule has 0 aliphatic heterocycles. The summed E-state index contributed by atoms with van der Waals surface area (Å²) in [5, 5.41) is 17.6. The van der Waals surface area contributed by atoms with E-state index < -0.39 is 0 Å². The first kappa shape index (κ1) is 6.05. The highest BCUT2D eigenvalue weighted by Crippen LogP contribution is 2.29. The van der Waals surface area contributed by atoms with Crippen molar-refractivity contribution in [3.63, 3.8) is 0 Å². The monoisotopic (exact) mass is 116 g/mol. The lowest BCUT2D eigenvalue weighted by Crippen LogP contribution is -2.35. The van der Waals surface area contributed by atoms with Crippen LogP contribution in [-0.2, 0) is 0 Å². The zero-order chi connectivity index (χ0) is 6.15. The van der Waals surface area contributed by atoms with Crippen molar-refractivity contribution in [1.29, 1.82) is 0 Å². The number of rotatable bonds is 1. The Hall–Kier alpha value is -0.0800. The summed E-state index contributed by atoms with van der Waals surface area (Å²) in [7, 11) is 0. The third kappa shape index (κ3) is 1.01. The van der Waals surface area contributed by atoms with E-state index in [1.807, 2.05) is 0 Å². The summed E-state index contributed by atoms with van der Waals surface area (Å²) in [6, 6.07) is 0. The lowest BCUT2D eigenvalue weighted by Gasteiger charge is -2.33. The van der Waals surface area contributed by atoms with Crippen molar-refractivity contribution in [3.05, 3.63) is 0 Å². The summed E-state index contributed by atoms with van der Waals surface area (Å²) < 4.78 is 0. The molecular weight excluding hydrogens is 104 g/mol. The van der Waals surface area contributed by atoms with Gasteiger partial charge in [0.2, 0.25) is 0 Å². The zero-order valence-electron chi connectivity index (χ0n) is 5.04. The summed E-state index contributed by atoms with van der Waals surface area (Å²) in [6.45, 7) is 1.77. The van der Waals surface area contributed by atoms with E-state index in [0.717, 1.165) is 12.8 Å². The molecule has 1 aliphatic carbocycles. The van der Waals surface area contributed by atoms with Gasteiger partial charge in [-0.15, -0.1) is 0 Å². The highest BCUT2D eigenvalue weighted by atomic mass is 16.3. The van der Waals surface area contributed by atoms with Gasteiger partial charge in [-0.2, -0.15) is 0 Å². The van der Waals surface area contributed by atoms with Gasteiger partial charge in [0.05, 0.1) is 12.2 Å². The Labute approximate surface area is 49.1 Å². The predicted octanol–water partition coefficient (Wildman–Crippen LogP) is 0.138. The number of hydrogen-bond donors (Lipinski definition) is 2. The Morgan fingerprint density at radius 3 is 2.12 bits per heavy atom. The molecule has 0 aromatic rings. The van der Waals surface area contributed by atoms with Gasteiger partial charge in [-0.25, -0.2) is 0 Å². The van der Waals surface area contributed by atoms with E-state index in [1.165, 1.54) is 0 Å². The van der Waals surface area contributed by atoms with Gasteiger partial charge in [-0.1, -0.05) is 0 Å². The minimum Gasteiger partial charge on any atom is -0.393 e. The molecule has 0 heterocycles. The summed E-state index contributed by atoms with van der Waals surface area (Å²) in [5.74, 6) is 0.366. The van der Waals surface area contributed by atoms with E-state index in [-0.39, 0.29) is 12.2 Å². The molecule has 0 saturated heterocycles. The van der Waals surface area contributed by atoms with Crippen molar-refractivity contribution >= 4 is 0 Å². The second-order valence-corrected chi connectivity index (χ2v) is 2.63. The Morgan fingerprint density at radius 1 is 1.50 bits per heavy atom. The van der Waals surface area contributed by atoms with Crippen LogP contribution < -0.4 is 0 Å². The van der Waals surface area contributed by atoms with Gasteiger partial charge in [0, 0.05) is 0 Å². The van der Waals surface area contributed by atoms with E-state index in [4.69, 9.17) is 10.2 Å². The standard InChI is InChI=1S/C6H12O2/c1-4(7)5-2-6(8)3-5/h4-8H,2-3H2,1H3. The number of aliphatic hydroxyl groups is 2. The largest absolute Gasteiger partial charge is 0.393 e. The average molecular weight is 116 g/mol. The van der Waals surface area contributed by atoms with E-state index in [1.54, 1.807) is 6.92 Å². The Balaban J connectivity index is 2.15. The maximum Gasteiger partial charge on any atom is 0.0547 e. The minimum atomic E-state index is -0.224. The first-order valence-electron chi connectivity index (χ1n) is 3.06. The molecule has 1 saturated carbocycles. The minimum absolute atomic E-state index is 0.130. The van der Waals surface area contributed by atoms with Gasteiger partial charge in [0.1, 0.15) is 0 Å². The highest BCUT2D eigenvalue weighted by Gasteiger charge is 2.30. The van der Waals surface area contributed by atoms with E-state index in [9.17, 15) is 0 Å². The van der Waals surface area contributed by atoms with Crippen molar-refractivity contribution < 1.29 is 10.2 Å². The average Bonchev–Trinajstić information content (AvgIpc) is 1.57. The molecule has 48 valence electrons. The third-order valence-electron chi connectivity index (χ3n) is 1.83. The third-order valence-corrected chi connectivity index (χ3v) is 1.83. The molecule has 1 atom stereocenters.